The minimum absolute atomic E-state index is 0.265. The van der Waals surface area contributed by atoms with Gasteiger partial charge in [-0.1, -0.05) is 42.5 Å². The van der Waals surface area contributed by atoms with E-state index in [4.69, 9.17) is 0 Å². The summed E-state index contributed by atoms with van der Waals surface area (Å²) in [4.78, 5) is 25.4. The molecular weight excluding hydrogens is 242 g/mol. The molecule has 0 amide bonds. The summed E-state index contributed by atoms with van der Waals surface area (Å²) in [6.45, 7) is 0.324. The van der Waals surface area contributed by atoms with Gasteiger partial charge in [0.2, 0.25) is 5.52 Å². The van der Waals surface area contributed by atoms with Crippen LogP contribution in [0.4, 0.5) is 0 Å². The van der Waals surface area contributed by atoms with Crippen LogP contribution in [0, 0.1) is 4.91 Å². The number of H-pyrrole nitrogens is 1. The van der Waals surface area contributed by atoms with Gasteiger partial charge in [0, 0.05) is 0 Å². The van der Waals surface area contributed by atoms with Crippen LogP contribution < -0.4 is 10.1 Å². The molecule has 19 heavy (non-hydrogen) atoms. The summed E-state index contributed by atoms with van der Waals surface area (Å²) in [5.41, 5.74) is 1.05. The van der Waals surface area contributed by atoms with Crippen LogP contribution in [-0.4, -0.2) is 9.90 Å². The fourth-order valence-corrected chi connectivity index (χ4v) is 2.05. The molecule has 0 aliphatic rings. The van der Waals surface area contributed by atoms with E-state index in [0.29, 0.717) is 22.0 Å². The zero-order chi connectivity index (χ0) is 13.2. The van der Waals surface area contributed by atoms with Crippen molar-refractivity contribution in [3.8, 4) is 0 Å². The van der Waals surface area contributed by atoms with E-state index in [9.17, 15) is 9.70 Å². The van der Waals surface area contributed by atoms with Gasteiger partial charge in [-0.25, -0.2) is 4.79 Å². The highest BCUT2D eigenvalue weighted by atomic mass is 16.3. The highest BCUT2D eigenvalue weighted by molar-refractivity contribution is 5.73. The summed E-state index contributed by atoms with van der Waals surface area (Å²) in [5.74, 6) is 0. The van der Waals surface area contributed by atoms with Crippen molar-refractivity contribution < 1.29 is 4.54 Å². The van der Waals surface area contributed by atoms with E-state index in [-0.39, 0.29) is 5.56 Å². The first-order chi connectivity index (χ1) is 9.25. The monoisotopic (exact) mass is 254 g/mol. The molecule has 5 heteroatoms. The Kier molecular flexibility index (Phi) is 2.72. The van der Waals surface area contributed by atoms with Crippen LogP contribution >= 0.6 is 0 Å². The van der Waals surface area contributed by atoms with Gasteiger partial charge in [0.1, 0.15) is 11.9 Å². The van der Waals surface area contributed by atoms with Crippen molar-refractivity contribution in [3.05, 3.63) is 75.4 Å². The van der Waals surface area contributed by atoms with E-state index < -0.39 is 0 Å². The first-order valence-electron chi connectivity index (χ1n) is 5.94. The van der Waals surface area contributed by atoms with Crippen LogP contribution in [0.1, 0.15) is 5.56 Å². The topological polar surface area (TPSA) is 60.8 Å². The summed E-state index contributed by atoms with van der Waals surface area (Å²) >= 11 is 0. The molecular formula is C14H12N3O2+. The lowest BCUT2D eigenvalue weighted by atomic mass is 10.2. The molecule has 1 aromatic heterocycles. The predicted octanol–water partition coefficient (Wildman–Crippen LogP) is 1.29. The van der Waals surface area contributed by atoms with Gasteiger partial charge in [0.15, 0.2) is 0 Å². The minimum Gasteiger partial charge on any atom is -0.239 e. The second-order valence-corrected chi connectivity index (χ2v) is 4.27. The summed E-state index contributed by atoms with van der Waals surface area (Å²) in [6, 6.07) is 16.2. The first-order valence-corrected chi connectivity index (χ1v) is 5.94. The van der Waals surface area contributed by atoms with Gasteiger partial charge in [-0.2, -0.15) is 0 Å². The SMILES string of the molecule is O=c1[nH]n(Cc2ccccc2)[n+](=O)c2ccccc12. The molecule has 5 nitrogen and oxygen atoms in total. The molecule has 0 unspecified atom stereocenters. The van der Waals surface area contributed by atoms with E-state index in [1.54, 1.807) is 24.3 Å². The molecule has 0 radical (unpaired) electrons. The lowest BCUT2D eigenvalue weighted by Crippen LogP contribution is -2.38. The Balaban J connectivity index is 2.18. The molecule has 0 saturated carbocycles. The van der Waals surface area contributed by atoms with Crippen molar-refractivity contribution in [1.29, 1.82) is 0 Å². The zero-order valence-electron chi connectivity index (χ0n) is 10.1. The molecule has 1 heterocycles. The lowest BCUT2D eigenvalue weighted by Gasteiger charge is -2.00. The van der Waals surface area contributed by atoms with Gasteiger partial charge in [-0.15, -0.1) is 5.10 Å². The average Bonchev–Trinajstić information content (AvgIpc) is 2.46. The second kappa shape index (κ2) is 4.53. The first kappa shape index (κ1) is 11.4. The van der Waals surface area contributed by atoms with E-state index >= 15 is 0 Å². The molecule has 0 aliphatic heterocycles. The number of hydrogen-bond donors (Lipinski definition) is 1. The third kappa shape index (κ3) is 2.06. The van der Waals surface area contributed by atoms with Crippen molar-refractivity contribution in [2.24, 2.45) is 0 Å². The third-order valence-corrected chi connectivity index (χ3v) is 2.98. The standard InChI is InChI=1S/C14H11N3O2/c18-14-12-8-4-5-9-13(12)17(19)16(15-14)10-11-6-2-1-3-7-11/h1-9H,10H2/p+1. The Morgan fingerprint density at radius 1 is 1.00 bits per heavy atom. The predicted molar refractivity (Wildman–Crippen MR) is 71.5 cm³/mol. The van der Waals surface area contributed by atoms with Gasteiger partial charge in [-0.05, 0) is 27.4 Å². The number of hydrogen-bond acceptors (Lipinski definition) is 2. The molecule has 3 aromatic rings. The van der Waals surface area contributed by atoms with E-state index in [0.717, 1.165) is 5.56 Å². The van der Waals surface area contributed by atoms with Crippen molar-refractivity contribution >= 4 is 10.9 Å². The highest BCUT2D eigenvalue weighted by Gasteiger charge is 2.12. The summed E-state index contributed by atoms with van der Waals surface area (Å²) in [6.07, 6.45) is 0. The largest absolute Gasteiger partial charge is 0.361 e. The molecule has 3 rings (SSSR count). The van der Waals surface area contributed by atoms with Gasteiger partial charge in [0.05, 0.1) is 4.54 Å². The molecule has 94 valence electrons. The summed E-state index contributed by atoms with van der Waals surface area (Å²) in [5, 5.41) is 2.97. The zero-order valence-corrected chi connectivity index (χ0v) is 10.1. The fourth-order valence-electron chi connectivity index (χ4n) is 2.05. The number of rotatable bonds is 2. The van der Waals surface area contributed by atoms with Crippen LogP contribution in [0.3, 0.4) is 0 Å². The van der Waals surface area contributed by atoms with Gasteiger partial charge in [0.25, 0.3) is 0 Å². The summed E-state index contributed by atoms with van der Waals surface area (Å²) < 4.78 is 0.712. The van der Waals surface area contributed by atoms with E-state index in [1.165, 1.54) is 4.80 Å². The van der Waals surface area contributed by atoms with Crippen LogP contribution in [0.2, 0.25) is 0 Å². The van der Waals surface area contributed by atoms with Gasteiger partial charge < -0.3 is 0 Å². The van der Waals surface area contributed by atoms with Crippen molar-refractivity contribution in [3.63, 3.8) is 0 Å². The van der Waals surface area contributed by atoms with Crippen LogP contribution in [0.25, 0.3) is 10.9 Å². The lowest BCUT2D eigenvalue weighted by molar-refractivity contribution is -0.580. The normalized spacial score (nSPS) is 10.7. The fraction of sp³-hybridized carbons (Fsp3) is 0.0714. The molecule has 0 saturated heterocycles. The number of nitrogens with one attached hydrogen (secondary N) is 1. The quantitative estimate of drug-likeness (QED) is 0.700. The third-order valence-electron chi connectivity index (χ3n) is 2.98. The molecule has 0 bridgehead atoms. The van der Waals surface area contributed by atoms with Crippen molar-refractivity contribution in [1.82, 2.24) is 9.90 Å². The smallest absolute Gasteiger partial charge is 0.239 e. The van der Waals surface area contributed by atoms with Crippen LogP contribution in [-0.2, 0) is 6.54 Å². The molecule has 0 spiro atoms. The molecule has 2 aromatic carbocycles. The highest BCUT2D eigenvalue weighted by Crippen LogP contribution is 2.03. The maximum Gasteiger partial charge on any atom is 0.361 e. The van der Waals surface area contributed by atoms with Crippen molar-refractivity contribution in [2.75, 3.05) is 0 Å². The maximum absolute atomic E-state index is 12.2. The van der Waals surface area contributed by atoms with E-state index in [2.05, 4.69) is 5.10 Å². The molecule has 0 atom stereocenters. The average molecular weight is 254 g/mol. The van der Waals surface area contributed by atoms with Gasteiger partial charge in [-0.3, -0.25) is 0 Å². The van der Waals surface area contributed by atoms with Crippen LogP contribution in [0.5, 0.6) is 0 Å². The number of benzene rings is 2. The Labute approximate surface area is 108 Å². The van der Waals surface area contributed by atoms with Crippen molar-refractivity contribution in [2.45, 2.75) is 6.54 Å². The number of aromatic amines is 1. The second-order valence-electron chi connectivity index (χ2n) is 4.27. The number of aromatic nitrogens is 3. The molecule has 0 aliphatic carbocycles. The summed E-state index contributed by atoms with van der Waals surface area (Å²) in [7, 11) is 0. The maximum atomic E-state index is 12.2. The number of para-hydroxylation sites is 1. The van der Waals surface area contributed by atoms with Gasteiger partial charge >= 0.3 is 5.56 Å². The Morgan fingerprint density at radius 3 is 2.47 bits per heavy atom. The number of nitrogens with zero attached hydrogens (tertiary/aromatic N) is 2. The Bertz CT molecular complexity index is 834. The van der Waals surface area contributed by atoms with E-state index in [1.807, 2.05) is 30.3 Å². The molecule has 0 fully saturated rings. The van der Waals surface area contributed by atoms with Crippen LogP contribution in [0.15, 0.2) is 59.4 Å². The minimum atomic E-state index is -0.265. The molecule has 1 N–H and O–H groups in total. The Hall–Kier alpha value is -2.69. The Morgan fingerprint density at radius 2 is 1.68 bits per heavy atom. The number of fused-ring (bicyclic) bond motifs is 1.